The third-order valence-electron chi connectivity index (χ3n) is 3.39. The van der Waals surface area contributed by atoms with Gasteiger partial charge in [0.15, 0.2) is 5.78 Å². The number of Topliss-reactive ketones (excluding diaryl/α,β-unsaturated/α-hetero) is 1. The second-order valence-corrected chi connectivity index (χ2v) is 6.41. The molecule has 6 heteroatoms. The number of carbonyl (C=O) groups is 2. The Balaban J connectivity index is 2.16. The lowest BCUT2D eigenvalue weighted by atomic mass is 10.1. The minimum Gasteiger partial charge on any atom is -0.462 e. The van der Waals surface area contributed by atoms with Gasteiger partial charge in [-0.3, -0.25) is 4.79 Å². The van der Waals surface area contributed by atoms with Crippen molar-refractivity contribution in [1.82, 2.24) is 4.98 Å². The quantitative estimate of drug-likeness (QED) is 0.475. The van der Waals surface area contributed by atoms with Crippen molar-refractivity contribution in [1.29, 1.82) is 0 Å². The molecule has 0 bridgehead atoms. The number of ketones is 1. The number of carbonyl (C=O) groups excluding carboxylic acids is 2. The molecule has 0 aliphatic heterocycles. The number of hydrogen-bond donors (Lipinski definition) is 1. The summed E-state index contributed by atoms with van der Waals surface area (Å²) in [6, 6.07) is 7.38. The minimum absolute atomic E-state index is 0.0777. The van der Waals surface area contributed by atoms with Crippen molar-refractivity contribution < 1.29 is 14.3 Å². The predicted molar refractivity (Wildman–Crippen MR) is 92.7 cm³/mol. The molecule has 0 aliphatic carbocycles. The second-order valence-electron chi connectivity index (χ2n) is 4.99. The molecule has 23 heavy (non-hydrogen) atoms. The Morgan fingerprint density at radius 1 is 1.26 bits per heavy atom. The lowest BCUT2D eigenvalue weighted by Crippen LogP contribution is -2.08. The van der Waals surface area contributed by atoms with Crippen molar-refractivity contribution in [2.45, 2.75) is 25.7 Å². The summed E-state index contributed by atoms with van der Waals surface area (Å²) in [6.45, 7) is 5.57. The van der Waals surface area contributed by atoms with E-state index in [1.54, 1.807) is 26.8 Å². The van der Waals surface area contributed by atoms with E-state index in [4.69, 9.17) is 16.3 Å². The van der Waals surface area contributed by atoms with Gasteiger partial charge in [-0.2, -0.15) is 0 Å². The molecule has 122 valence electrons. The van der Waals surface area contributed by atoms with Gasteiger partial charge in [-0.1, -0.05) is 23.7 Å². The van der Waals surface area contributed by atoms with Gasteiger partial charge in [-0.25, -0.2) is 4.79 Å². The number of esters is 1. The van der Waals surface area contributed by atoms with Crippen LogP contribution in [-0.2, 0) is 4.74 Å². The number of aromatic nitrogens is 1. The van der Waals surface area contributed by atoms with Gasteiger partial charge in [-0.15, -0.1) is 11.8 Å². The van der Waals surface area contributed by atoms with E-state index in [1.807, 2.05) is 18.2 Å². The van der Waals surface area contributed by atoms with E-state index in [9.17, 15) is 9.59 Å². The number of nitrogens with one attached hydrogen (secondary N) is 1. The molecule has 0 fully saturated rings. The largest absolute Gasteiger partial charge is 0.462 e. The summed E-state index contributed by atoms with van der Waals surface area (Å²) in [5, 5.41) is 0.622. The van der Waals surface area contributed by atoms with Gasteiger partial charge in [0.2, 0.25) is 0 Å². The van der Waals surface area contributed by atoms with E-state index < -0.39 is 5.97 Å². The van der Waals surface area contributed by atoms with E-state index in [0.717, 1.165) is 4.90 Å². The lowest BCUT2D eigenvalue weighted by Gasteiger charge is -2.04. The summed E-state index contributed by atoms with van der Waals surface area (Å²) in [4.78, 5) is 28.3. The first-order chi connectivity index (χ1) is 11.0. The number of rotatable bonds is 6. The zero-order chi connectivity index (χ0) is 17.0. The Labute approximate surface area is 144 Å². The Bertz CT molecular complexity index is 739. The lowest BCUT2D eigenvalue weighted by molar-refractivity contribution is 0.0525. The van der Waals surface area contributed by atoms with Crippen LogP contribution < -0.4 is 0 Å². The molecule has 0 atom stereocenters. The van der Waals surface area contributed by atoms with Crippen LogP contribution in [0.4, 0.5) is 0 Å². The maximum atomic E-state index is 12.4. The fraction of sp³-hybridized carbons (Fsp3) is 0.294. The number of aryl methyl sites for hydroxylation is 1. The van der Waals surface area contributed by atoms with Gasteiger partial charge in [0.05, 0.1) is 28.6 Å². The number of benzene rings is 1. The molecular formula is C17H18ClNO3S. The van der Waals surface area contributed by atoms with E-state index in [-0.39, 0.29) is 11.5 Å². The Hall–Kier alpha value is -1.72. The van der Waals surface area contributed by atoms with Crippen LogP contribution in [0, 0.1) is 13.8 Å². The number of aromatic amines is 1. The number of ether oxygens (including phenoxy) is 1. The van der Waals surface area contributed by atoms with Crippen LogP contribution in [0.1, 0.15) is 39.0 Å². The van der Waals surface area contributed by atoms with E-state index in [2.05, 4.69) is 4.98 Å². The van der Waals surface area contributed by atoms with Crippen LogP contribution in [0.25, 0.3) is 0 Å². The highest BCUT2D eigenvalue weighted by molar-refractivity contribution is 8.00. The topological polar surface area (TPSA) is 59.2 Å². The fourth-order valence-corrected chi connectivity index (χ4v) is 3.43. The SMILES string of the molecule is CCOC(=O)c1c(C)[nH]c(C(=O)CSc2ccccc2Cl)c1C. The number of H-pyrrole nitrogens is 1. The molecule has 0 saturated heterocycles. The summed E-state index contributed by atoms with van der Waals surface area (Å²) in [5.74, 6) is -0.241. The minimum atomic E-state index is -0.406. The van der Waals surface area contributed by atoms with Crippen LogP contribution in [0.15, 0.2) is 29.2 Å². The Morgan fingerprint density at radius 3 is 2.61 bits per heavy atom. The van der Waals surface area contributed by atoms with Crippen LogP contribution in [0.5, 0.6) is 0 Å². The first-order valence-corrected chi connectivity index (χ1v) is 8.58. The third kappa shape index (κ3) is 3.98. The fourth-order valence-electron chi connectivity index (χ4n) is 2.32. The monoisotopic (exact) mass is 351 g/mol. The molecule has 0 saturated carbocycles. The third-order valence-corrected chi connectivity index (χ3v) is 4.91. The van der Waals surface area contributed by atoms with E-state index in [0.29, 0.717) is 34.1 Å². The van der Waals surface area contributed by atoms with Crippen molar-refractivity contribution in [3.8, 4) is 0 Å². The summed E-state index contributed by atoms with van der Waals surface area (Å²) in [6.07, 6.45) is 0. The molecule has 1 aromatic carbocycles. The van der Waals surface area contributed by atoms with Gasteiger partial charge in [0, 0.05) is 10.6 Å². The Morgan fingerprint density at radius 2 is 1.96 bits per heavy atom. The summed E-state index contributed by atoms with van der Waals surface area (Å²) >= 11 is 7.46. The van der Waals surface area contributed by atoms with Crippen molar-refractivity contribution >= 4 is 35.1 Å². The number of thioether (sulfide) groups is 1. The molecule has 0 spiro atoms. The van der Waals surface area contributed by atoms with Crippen LogP contribution in [0.2, 0.25) is 5.02 Å². The van der Waals surface area contributed by atoms with Crippen LogP contribution in [0.3, 0.4) is 0 Å². The van der Waals surface area contributed by atoms with Gasteiger partial charge in [-0.05, 0) is 38.5 Å². The zero-order valence-electron chi connectivity index (χ0n) is 13.2. The first kappa shape index (κ1) is 17.6. The standard InChI is InChI=1S/C17H18ClNO3S/c1-4-22-17(21)15-10(2)16(19-11(15)3)13(20)9-23-14-8-6-5-7-12(14)18/h5-8,19H,4,9H2,1-3H3. The van der Waals surface area contributed by atoms with E-state index >= 15 is 0 Å². The van der Waals surface area contributed by atoms with Crippen molar-refractivity contribution in [3.63, 3.8) is 0 Å². The summed E-state index contributed by atoms with van der Waals surface area (Å²) in [7, 11) is 0. The predicted octanol–water partition coefficient (Wildman–Crippen LogP) is 4.44. The number of halogens is 1. The first-order valence-electron chi connectivity index (χ1n) is 7.22. The van der Waals surface area contributed by atoms with Crippen molar-refractivity contribution in [3.05, 3.63) is 51.8 Å². The molecule has 0 aliphatic rings. The highest BCUT2D eigenvalue weighted by atomic mass is 35.5. The zero-order valence-corrected chi connectivity index (χ0v) is 14.8. The van der Waals surface area contributed by atoms with Gasteiger partial charge < -0.3 is 9.72 Å². The summed E-state index contributed by atoms with van der Waals surface area (Å²) < 4.78 is 5.03. The highest BCUT2D eigenvalue weighted by Crippen LogP contribution is 2.28. The van der Waals surface area contributed by atoms with Crippen molar-refractivity contribution in [2.24, 2.45) is 0 Å². The number of hydrogen-bond acceptors (Lipinski definition) is 4. The average Bonchev–Trinajstić information content (AvgIpc) is 2.81. The Kier molecular flexibility index (Phi) is 5.91. The highest BCUT2D eigenvalue weighted by Gasteiger charge is 2.22. The van der Waals surface area contributed by atoms with Crippen molar-refractivity contribution in [2.75, 3.05) is 12.4 Å². The van der Waals surface area contributed by atoms with E-state index in [1.165, 1.54) is 11.8 Å². The molecule has 2 aromatic rings. The van der Waals surface area contributed by atoms with Gasteiger partial charge in [0.1, 0.15) is 0 Å². The molecule has 2 rings (SSSR count). The van der Waals surface area contributed by atoms with Gasteiger partial charge >= 0.3 is 5.97 Å². The maximum absolute atomic E-state index is 12.4. The van der Waals surface area contributed by atoms with Crippen LogP contribution >= 0.6 is 23.4 Å². The summed E-state index contributed by atoms with van der Waals surface area (Å²) in [5.41, 5.74) is 2.17. The smallest absolute Gasteiger partial charge is 0.340 e. The average molecular weight is 352 g/mol. The molecule has 1 N–H and O–H groups in total. The molecule has 0 unspecified atom stereocenters. The molecule has 1 heterocycles. The molecular weight excluding hydrogens is 334 g/mol. The molecule has 0 amide bonds. The second kappa shape index (κ2) is 7.70. The molecule has 1 aromatic heterocycles. The molecule has 4 nitrogen and oxygen atoms in total. The van der Waals surface area contributed by atoms with Crippen LogP contribution in [-0.4, -0.2) is 29.1 Å². The normalized spacial score (nSPS) is 10.6. The maximum Gasteiger partial charge on any atom is 0.340 e. The molecule has 0 radical (unpaired) electrons. The van der Waals surface area contributed by atoms with Gasteiger partial charge in [0.25, 0.3) is 0 Å².